The predicted molar refractivity (Wildman–Crippen MR) is 101 cm³/mol. The molecule has 3 aromatic carbocycles. The van der Waals surface area contributed by atoms with Gasteiger partial charge in [-0.3, -0.25) is 5.32 Å². The van der Waals surface area contributed by atoms with Gasteiger partial charge in [0.15, 0.2) is 0 Å². The van der Waals surface area contributed by atoms with E-state index in [1.807, 2.05) is 42.5 Å². The molecular formula is C21H16ClNO3. The molecule has 0 atom stereocenters. The maximum atomic E-state index is 12.0. The van der Waals surface area contributed by atoms with Gasteiger partial charge in [-0.05, 0) is 47.5 Å². The Labute approximate surface area is 156 Å². The van der Waals surface area contributed by atoms with Crippen molar-refractivity contribution in [2.24, 2.45) is 0 Å². The van der Waals surface area contributed by atoms with Gasteiger partial charge < -0.3 is 9.47 Å². The fourth-order valence-corrected chi connectivity index (χ4v) is 3.06. The molecule has 3 aromatic rings. The summed E-state index contributed by atoms with van der Waals surface area (Å²) < 4.78 is 11.3. The first-order valence-electron chi connectivity index (χ1n) is 8.25. The number of carbonyl (C=O) groups is 1. The number of ether oxygens (including phenoxy) is 2. The van der Waals surface area contributed by atoms with Crippen LogP contribution in [0.15, 0.2) is 66.7 Å². The van der Waals surface area contributed by atoms with Crippen LogP contribution in [0.4, 0.5) is 10.5 Å². The molecule has 0 bridgehead atoms. The SMILES string of the molecule is O=C(Nc1ccc(Cl)cc1)OCc1cccc2c1Cc1ccccc1O2. The van der Waals surface area contributed by atoms with Crippen molar-refractivity contribution in [3.63, 3.8) is 0 Å². The van der Waals surface area contributed by atoms with E-state index in [4.69, 9.17) is 21.1 Å². The molecule has 4 rings (SSSR count). The zero-order valence-electron chi connectivity index (χ0n) is 13.9. The van der Waals surface area contributed by atoms with Crippen molar-refractivity contribution >= 4 is 23.4 Å². The van der Waals surface area contributed by atoms with Crippen molar-refractivity contribution in [3.05, 3.63) is 88.4 Å². The summed E-state index contributed by atoms with van der Waals surface area (Å²) in [5, 5.41) is 3.30. The van der Waals surface area contributed by atoms with Crippen LogP contribution in [0.25, 0.3) is 0 Å². The van der Waals surface area contributed by atoms with Crippen LogP contribution >= 0.6 is 11.6 Å². The third kappa shape index (κ3) is 3.51. The zero-order valence-corrected chi connectivity index (χ0v) is 14.6. The van der Waals surface area contributed by atoms with Crippen LogP contribution < -0.4 is 10.1 Å². The maximum absolute atomic E-state index is 12.0. The van der Waals surface area contributed by atoms with Crippen LogP contribution in [0, 0.1) is 0 Å². The number of nitrogens with one attached hydrogen (secondary N) is 1. The molecule has 0 saturated carbocycles. The van der Waals surface area contributed by atoms with Gasteiger partial charge >= 0.3 is 6.09 Å². The van der Waals surface area contributed by atoms with Crippen molar-refractivity contribution in [1.29, 1.82) is 0 Å². The molecule has 26 heavy (non-hydrogen) atoms. The van der Waals surface area contributed by atoms with Crippen molar-refractivity contribution in [2.45, 2.75) is 13.0 Å². The molecular weight excluding hydrogens is 350 g/mol. The number of amides is 1. The highest BCUT2D eigenvalue weighted by atomic mass is 35.5. The number of para-hydroxylation sites is 1. The highest BCUT2D eigenvalue weighted by Gasteiger charge is 2.19. The quantitative estimate of drug-likeness (QED) is 0.500. The highest BCUT2D eigenvalue weighted by Crippen LogP contribution is 2.38. The summed E-state index contributed by atoms with van der Waals surface area (Å²) in [6, 6.07) is 20.6. The number of benzene rings is 3. The number of hydrogen-bond donors (Lipinski definition) is 1. The molecule has 0 fully saturated rings. The minimum atomic E-state index is -0.512. The van der Waals surface area contributed by atoms with Gasteiger partial charge in [-0.25, -0.2) is 4.79 Å². The minimum absolute atomic E-state index is 0.175. The van der Waals surface area contributed by atoms with Gasteiger partial charge in [-0.2, -0.15) is 0 Å². The van der Waals surface area contributed by atoms with Crippen LogP contribution in [0.2, 0.25) is 5.02 Å². The van der Waals surface area contributed by atoms with E-state index in [9.17, 15) is 4.79 Å². The van der Waals surface area contributed by atoms with Gasteiger partial charge in [0.25, 0.3) is 0 Å². The standard InChI is InChI=1S/C21H16ClNO3/c22-16-8-10-17(11-9-16)23-21(24)25-13-15-5-3-7-20-18(15)12-14-4-1-2-6-19(14)26-20/h1-11H,12-13H2,(H,23,24). The highest BCUT2D eigenvalue weighted by molar-refractivity contribution is 6.30. The van der Waals surface area contributed by atoms with E-state index in [0.717, 1.165) is 34.6 Å². The number of carbonyl (C=O) groups excluding carboxylic acids is 1. The molecule has 0 spiro atoms. The van der Waals surface area contributed by atoms with E-state index in [-0.39, 0.29) is 6.61 Å². The summed E-state index contributed by atoms with van der Waals surface area (Å²) in [5.41, 5.74) is 3.73. The lowest BCUT2D eigenvalue weighted by molar-refractivity contribution is 0.154. The smallest absolute Gasteiger partial charge is 0.411 e. The topological polar surface area (TPSA) is 47.6 Å². The van der Waals surface area contributed by atoms with Crippen LogP contribution in [0.3, 0.4) is 0 Å². The molecule has 1 N–H and O–H groups in total. The van der Waals surface area contributed by atoms with Gasteiger partial charge in [0.2, 0.25) is 0 Å². The van der Waals surface area contributed by atoms with Crippen molar-refractivity contribution in [2.75, 3.05) is 5.32 Å². The molecule has 0 aliphatic carbocycles. The van der Waals surface area contributed by atoms with Crippen molar-refractivity contribution < 1.29 is 14.3 Å². The average Bonchev–Trinajstić information content (AvgIpc) is 2.66. The number of hydrogen-bond acceptors (Lipinski definition) is 3. The Balaban J connectivity index is 1.45. The molecule has 5 heteroatoms. The first kappa shape index (κ1) is 16.5. The molecule has 0 radical (unpaired) electrons. The third-order valence-electron chi connectivity index (χ3n) is 4.24. The lowest BCUT2D eigenvalue weighted by atomic mass is 9.96. The second kappa shape index (κ2) is 7.10. The van der Waals surface area contributed by atoms with E-state index in [1.54, 1.807) is 24.3 Å². The van der Waals surface area contributed by atoms with Gasteiger partial charge in [-0.1, -0.05) is 41.9 Å². The lowest BCUT2D eigenvalue weighted by Gasteiger charge is -2.22. The number of rotatable bonds is 3. The Kier molecular flexibility index (Phi) is 4.50. The first-order chi connectivity index (χ1) is 12.7. The lowest BCUT2D eigenvalue weighted by Crippen LogP contribution is -2.14. The number of anilines is 1. The van der Waals surface area contributed by atoms with Crippen LogP contribution in [-0.2, 0) is 17.8 Å². The third-order valence-corrected chi connectivity index (χ3v) is 4.49. The molecule has 1 heterocycles. The second-order valence-electron chi connectivity index (χ2n) is 5.99. The fourth-order valence-electron chi connectivity index (χ4n) is 2.93. The second-order valence-corrected chi connectivity index (χ2v) is 6.42. The maximum Gasteiger partial charge on any atom is 0.411 e. The first-order valence-corrected chi connectivity index (χ1v) is 8.63. The molecule has 0 saturated heterocycles. The van der Waals surface area contributed by atoms with Crippen LogP contribution in [0.5, 0.6) is 11.5 Å². The molecule has 130 valence electrons. The van der Waals surface area contributed by atoms with Crippen LogP contribution in [0.1, 0.15) is 16.7 Å². The van der Waals surface area contributed by atoms with Gasteiger partial charge in [0.05, 0.1) is 0 Å². The van der Waals surface area contributed by atoms with E-state index in [2.05, 4.69) is 5.32 Å². The molecule has 4 nitrogen and oxygen atoms in total. The van der Waals surface area contributed by atoms with E-state index in [0.29, 0.717) is 10.7 Å². The molecule has 0 unspecified atom stereocenters. The largest absolute Gasteiger partial charge is 0.457 e. The van der Waals surface area contributed by atoms with Gasteiger partial charge in [0, 0.05) is 22.7 Å². The Morgan fingerprint density at radius 2 is 1.77 bits per heavy atom. The van der Waals surface area contributed by atoms with Crippen LogP contribution in [-0.4, -0.2) is 6.09 Å². The summed E-state index contributed by atoms with van der Waals surface area (Å²) in [5.74, 6) is 1.68. The van der Waals surface area contributed by atoms with Crippen molar-refractivity contribution in [1.82, 2.24) is 0 Å². The summed E-state index contributed by atoms with van der Waals surface area (Å²) in [6.45, 7) is 0.175. The zero-order chi connectivity index (χ0) is 17.9. The monoisotopic (exact) mass is 365 g/mol. The number of halogens is 1. The van der Waals surface area contributed by atoms with Crippen molar-refractivity contribution in [3.8, 4) is 11.5 Å². The Hall–Kier alpha value is -2.98. The Morgan fingerprint density at radius 3 is 2.62 bits per heavy atom. The van der Waals surface area contributed by atoms with Gasteiger partial charge in [0.1, 0.15) is 18.1 Å². The molecule has 0 aromatic heterocycles. The summed E-state index contributed by atoms with van der Waals surface area (Å²) in [4.78, 5) is 12.0. The minimum Gasteiger partial charge on any atom is -0.457 e. The van der Waals surface area contributed by atoms with E-state index >= 15 is 0 Å². The predicted octanol–water partition coefficient (Wildman–Crippen LogP) is 5.79. The summed E-state index contributed by atoms with van der Waals surface area (Å²) in [6.07, 6.45) is 0.242. The molecule has 1 aliphatic heterocycles. The Bertz CT molecular complexity index is 954. The Morgan fingerprint density at radius 1 is 1.00 bits per heavy atom. The molecule has 1 aliphatic rings. The van der Waals surface area contributed by atoms with E-state index < -0.39 is 6.09 Å². The van der Waals surface area contributed by atoms with E-state index in [1.165, 1.54) is 0 Å². The molecule has 1 amide bonds. The fraction of sp³-hybridized carbons (Fsp3) is 0.0952. The average molecular weight is 366 g/mol. The number of fused-ring (bicyclic) bond motifs is 2. The summed E-state index contributed by atoms with van der Waals surface area (Å²) >= 11 is 5.84. The normalized spacial score (nSPS) is 11.7. The van der Waals surface area contributed by atoms with Gasteiger partial charge in [-0.15, -0.1) is 0 Å². The summed E-state index contributed by atoms with van der Waals surface area (Å²) in [7, 11) is 0.